The quantitative estimate of drug-likeness (QED) is 0.128. The van der Waals surface area contributed by atoms with Gasteiger partial charge in [0, 0.05) is 27.2 Å². The molecule has 0 heterocycles. The van der Waals surface area contributed by atoms with Gasteiger partial charge in [0.15, 0.2) is 0 Å². The van der Waals surface area contributed by atoms with E-state index < -0.39 is 19.8 Å². The van der Waals surface area contributed by atoms with Crippen LogP contribution in [-0.2, 0) is 27.4 Å². The highest BCUT2D eigenvalue weighted by Crippen LogP contribution is 2.18. The number of hydrogen-bond donors (Lipinski definition) is 1. The first-order valence-corrected chi connectivity index (χ1v) is 18.5. The maximum atomic E-state index is 12.7. The van der Waals surface area contributed by atoms with Crippen molar-refractivity contribution in [2.75, 3.05) is 13.2 Å². The number of esters is 1. The molecule has 0 bridgehead atoms. The Kier molecular flexibility index (Phi) is 13.9. The number of ether oxygens (including phenoxy) is 2. The number of carbonyl (C=O) groups excluding carboxylic acids is 2. The Balaban J connectivity index is 1.96. The molecule has 0 aliphatic heterocycles. The number of unbranched alkanes of at least 4 members (excludes halogenated alkanes) is 1. The molecule has 2 atom stereocenters. The van der Waals surface area contributed by atoms with E-state index in [0.29, 0.717) is 13.0 Å². The van der Waals surface area contributed by atoms with Crippen molar-refractivity contribution in [3.8, 4) is 0 Å². The van der Waals surface area contributed by atoms with E-state index in [-0.39, 0.29) is 17.9 Å². The molecule has 0 aliphatic carbocycles. The lowest BCUT2D eigenvalue weighted by Gasteiger charge is -2.26. The molecule has 7 heteroatoms. The molecule has 0 radical (unpaired) electrons. The highest BCUT2D eigenvalue weighted by atomic mass is 28.3. The third kappa shape index (κ3) is 15.2. The number of benzene rings is 2. The van der Waals surface area contributed by atoms with Gasteiger partial charge in [-0.2, -0.15) is 0 Å². The Hall–Kier alpha value is -2.64. The van der Waals surface area contributed by atoms with E-state index in [1.54, 1.807) is 0 Å². The standard InChI is InChI=1S/C33H52N2O4Si/c1-27(31(36)38-22-23-40(5,6)7)24-30(34-32(37)39-33(2,3)4)20-14-15-21-35(25-28-16-10-8-11-17-28)26-29-18-12-9-13-19-29/h8-13,16-19,27,30H,14-15,20-26H2,1-7H3,(H,34,37)/t27-,30+/m1/s1. The maximum absolute atomic E-state index is 12.7. The summed E-state index contributed by atoms with van der Waals surface area (Å²) in [5.41, 5.74) is 2.01. The molecular formula is C33H52N2O4Si. The van der Waals surface area contributed by atoms with Crippen molar-refractivity contribution in [2.24, 2.45) is 5.92 Å². The van der Waals surface area contributed by atoms with Gasteiger partial charge in [-0.25, -0.2) is 4.79 Å². The first kappa shape index (κ1) is 33.6. The third-order valence-electron chi connectivity index (χ3n) is 6.63. The topological polar surface area (TPSA) is 67.9 Å². The van der Waals surface area contributed by atoms with Gasteiger partial charge in [0.25, 0.3) is 0 Å². The average Bonchev–Trinajstić information content (AvgIpc) is 2.85. The molecule has 2 aromatic carbocycles. The molecule has 40 heavy (non-hydrogen) atoms. The molecule has 0 spiro atoms. The molecular weight excluding hydrogens is 516 g/mol. The van der Waals surface area contributed by atoms with Crippen LogP contribution >= 0.6 is 0 Å². The Morgan fingerprint density at radius 2 is 1.45 bits per heavy atom. The molecule has 0 saturated carbocycles. The number of nitrogens with zero attached hydrogens (tertiary/aromatic N) is 1. The zero-order valence-electron chi connectivity index (χ0n) is 25.9. The monoisotopic (exact) mass is 568 g/mol. The molecule has 2 aromatic rings. The van der Waals surface area contributed by atoms with Gasteiger partial charge in [0.2, 0.25) is 0 Å². The summed E-state index contributed by atoms with van der Waals surface area (Å²) in [5, 5.41) is 3.03. The van der Waals surface area contributed by atoms with E-state index in [1.807, 2.05) is 39.8 Å². The summed E-state index contributed by atoms with van der Waals surface area (Å²) >= 11 is 0. The van der Waals surface area contributed by atoms with Gasteiger partial charge in [0.1, 0.15) is 5.60 Å². The van der Waals surface area contributed by atoms with E-state index in [1.165, 1.54) is 11.1 Å². The number of alkyl carbamates (subject to hydrolysis) is 1. The summed E-state index contributed by atoms with van der Waals surface area (Å²) in [6.07, 6.45) is 2.78. The summed E-state index contributed by atoms with van der Waals surface area (Å²) < 4.78 is 11.1. The van der Waals surface area contributed by atoms with Crippen LogP contribution in [0.2, 0.25) is 25.7 Å². The largest absolute Gasteiger partial charge is 0.466 e. The summed E-state index contributed by atoms with van der Waals surface area (Å²) in [7, 11) is -1.27. The van der Waals surface area contributed by atoms with Gasteiger partial charge < -0.3 is 14.8 Å². The van der Waals surface area contributed by atoms with Crippen LogP contribution in [0.4, 0.5) is 4.79 Å². The Labute approximate surface area is 243 Å². The lowest BCUT2D eigenvalue weighted by Crippen LogP contribution is -2.40. The van der Waals surface area contributed by atoms with Crippen molar-refractivity contribution in [2.45, 2.75) is 104 Å². The van der Waals surface area contributed by atoms with E-state index in [4.69, 9.17) is 9.47 Å². The van der Waals surface area contributed by atoms with Crippen molar-refractivity contribution in [3.05, 3.63) is 71.8 Å². The molecule has 222 valence electrons. The normalized spacial score (nSPS) is 13.5. The fraction of sp³-hybridized carbons (Fsp3) is 0.576. The van der Waals surface area contributed by atoms with Crippen molar-refractivity contribution < 1.29 is 19.1 Å². The van der Waals surface area contributed by atoms with Gasteiger partial charge in [-0.05, 0) is 63.7 Å². The van der Waals surface area contributed by atoms with Crippen LogP contribution in [-0.4, -0.2) is 49.8 Å². The fourth-order valence-electron chi connectivity index (χ4n) is 4.47. The Bertz CT molecular complexity index is 961. The van der Waals surface area contributed by atoms with Crippen LogP contribution in [0.5, 0.6) is 0 Å². The van der Waals surface area contributed by atoms with E-state index >= 15 is 0 Å². The van der Waals surface area contributed by atoms with Gasteiger partial charge in [-0.3, -0.25) is 9.69 Å². The number of carbonyl (C=O) groups is 2. The second-order valence-electron chi connectivity index (χ2n) is 13.1. The highest BCUT2D eigenvalue weighted by Gasteiger charge is 2.25. The molecule has 1 amide bonds. The first-order chi connectivity index (χ1) is 18.8. The van der Waals surface area contributed by atoms with Gasteiger partial charge >= 0.3 is 12.1 Å². The summed E-state index contributed by atoms with van der Waals surface area (Å²) in [4.78, 5) is 27.8. The fourth-order valence-corrected chi connectivity index (χ4v) is 5.18. The summed E-state index contributed by atoms with van der Waals surface area (Å²) in [5.74, 6) is -0.486. The van der Waals surface area contributed by atoms with Crippen LogP contribution < -0.4 is 5.32 Å². The Morgan fingerprint density at radius 3 is 1.95 bits per heavy atom. The SMILES string of the molecule is C[C@H](C[C@H](CCCCN(Cc1ccccc1)Cc1ccccc1)NC(=O)OC(C)(C)C)C(=O)OCC[Si](C)(C)C. The third-order valence-corrected chi connectivity index (χ3v) is 8.34. The molecule has 0 aliphatic rings. The zero-order valence-corrected chi connectivity index (χ0v) is 26.9. The van der Waals surface area contributed by atoms with Crippen LogP contribution in [0.25, 0.3) is 0 Å². The minimum Gasteiger partial charge on any atom is -0.466 e. The predicted octanol–water partition coefficient (Wildman–Crippen LogP) is 7.66. The van der Waals surface area contributed by atoms with Gasteiger partial charge in [0.05, 0.1) is 12.5 Å². The number of nitrogens with one attached hydrogen (secondary N) is 1. The molecule has 0 fully saturated rings. The van der Waals surface area contributed by atoms with Crippen molar-refractivity contribution >= 4 is 20.1 Å². The lowest BCUT2D eigenvalue weighted by molar-refractivity contribution is -0.147. The van der Waals surface area contributed by atoms with Crippen molar-refractivity contribution in [1.29, 1.82) is 0 Å². The predicted molar refractivity (Wildman–Crippen MR) is 167 cm³/mol. The smallest absolute Gasteiger partial charge is 0.407 e. The van der Waals surface area contributed by atoms with Gasteiger partial charge in [-0.15, -0.1) is 0 Å². The van der Waals surface area contributed by atoms with Crippen LogP contribution in [0.3, 0.4) is 0 Å². The van der Waals surface area contributed by atoms with E-state index in [0.717, 1.165) is 44.9 Å². The summed E-state index contributed by atoms with van der Waals surface area (Å²) in [6.45, 7) is 17.5. The minimum atomic E-state index is -1.27. The number of amides is 1. The first-order valence-electron chi connectivity index (χ1n) is 14.8. The molecule has 2 rings (SSSR count). The van der Waals surface area contributed by atoms with Crippen molar-refractivity contribution in [1.82, 2.24) is 10.2 Å². The van der Waals surface area contributed by atoms with Crippen LogP contribution in [0.1, 0.15) is 64.5 Å². The second-order valence-corrected chi connectivity index (χ2v) is 18.8. The van der Waals surface area contributed by atoms with Crippen LogP contribution in [0, 0.1) is 5.92 Å². The second kappa shape index (κ2) is 16.6. The minimum absolute atomic E-state index is 0.161. The lowest BCUT2D eigenvalue weighted by atomic mass is 9.97. The number of hydrogen-bond acceptors (Lipinski definition) is 5. The zero-order chi connectivity index (χ0) is 29.6. The van der Waals surface area contributed by atoms with Crippen LogP contribution in [0.15, 0.2) is 60.7 Å². The van der Waals surface area contributed by atoms with Crippen molar-refractivity contribution in [3.63, 3.8) is 0 Å². The molecule has 6 nitrogen and oxygen atoms in total. The van der Waals surface area contributed by atoms with E-state index in [9.17, 15) is 9.59 Å². The molecule has 0 saturated heterocycles. The average molecular weight is 569 g/mol. The Morgan fingerprint density at radius 1 is 0.900 bits per heavy atom. The summed E-state index contributed by atoms with van der Waals surface area (Å²) in [6, 6.07) is 21.9. The maximum Gasteiger partial charge on any atom is 0.407 e. The molecule has 1 N–H and O–H groups in total. The number of rotatable bonds is 16. The highest BCUT2D eigenvalue weighted by molar-refractivity contribution is 6.76. The van der Waals surface area contributed by atoms with Gasteiger partial charge in [-0.1, -0.05) is 93.6 Å². The van der Waals surface area contributed by atoms with E-state index in [2.05, 4.69) is 78.4 Å². The molecule has 0 aromatic heterocycles. The molecule has 0 unspecified atom stereocenters.